The van der Waals surface area contributed by atoms with Gasteiger partial charge in [-0.2, -0.15) is 0 Å². The number of pyridine rings is 1. The van der Waals surface area contributed by atoms with Crippen molar-refractivity contribution in [1.29, 1.82) is 0 Å². The van der Waals surface area contributed by atoms with Gasteiger partial charge in [-0.25, -0.2) is 13.8 Å². The first-order chi connectivity index (χ1) is 14.1. The Morgan fingerprint density at radius 2 is 1.86 bits per heavy atom. The highest BCUT2D eigenvalue weighted by Crippen LogP contribution is 2.30. The summed E-state index contributed by atoms with van der Waals surface area (Å²) >= 11 is 0. The van der Waals surface area contributed by atoms with Gasteiger partial charge in [0.1, 0.15) is 23.3 Å². The van der Waals surface area contributed by atoms with E-state index in [-0.39, 0.29) is 17.6 Å². The van der Waals surface area contributed by atoms with Crippen molar-refractivity contribution in [3.05, 3.63) is 89.6 Å². The van der Waals surface area contributed by atoms with E-state index >= 15 is 0 Å². The molecule has 2 N–H and O–H groups in total. The van der Waals surface area contributed by atoms with Crippen LogP contribution in [0.1, 0.15) is 18.1 Å². The fourth-order valence-corrected chi connectivity index (χ4v) is 3.07. The highest BCUT2D eigenvalue weighted by molar-refractivity contribution is 6.02. The van der Waals surface area contributed by atoms with Gasteiger partial charge < -0.3 is 10.6 Å². The summed E-state index contributed by atoms with van der Waals surface area (Å²) in [7, 11) is 0. The highest BCUT2D eigenvalue weighted by Gasteiger charge is 2.17. The van der Waals surface area contributed by atoms with E-state index in [2.05, 4.69) is 20.6 Å². The number of hydrogen-bond donors (Lipinski definition) is 2. The smallest absolute Gasteiger partial charge is 0.146 e. The summed E-state index contributed by atoms with van der Waals surface area (Å²) in [6.45, 7) is 2.48. The third-order valence-electron chi connectivity index (χ3n) is 4.71. The molecule has 146 valence electrons. The molecule has 1 atom stereocenters. The van der Waals surface area contributed by atoms with Gasteiger partial charge in [-0.1, -0.05) is 43.3 Å². The second-order valence-corrected chi connectivity index (χ2v) is 6.83. The van der Waals surface area contributed by atoms with Gasteiger partial charge in [0.25, 0.3) is 0 Å². The molecule has 0 bridgehead atoms. The average molecular weight is 390 g/mol. The fourth-order valence-electron chi connectivity index (χ4n) is 3.07. The molecule has 29 heavy (non-hydrogen) atoms. The first-order valence-corrected chi connectivity index (χ1v) is 9.35. The van der Waals surface area contributed by atoms with Crippen molar-refractivity contribution < 1.29 is 8.78 Å². The molecule has 0 saturated heterocycles. The van der Waals surface area contributed by atoms with E-state index in [0.717, 1.165) is 22.6 Å². The minimum atomic E-state index is -0.340. The number of halogens is 2. The number of hydrogen-bond acceptors (Lipinski definition) is 3. The lowest BCUT2D eigenvalue weighted by Gasteiger charge is -2.15. The Balaban J connectivity index is 1.61. The Morgan fingerprint density at radius 3 is 2.66 bits per heavy atom. The molecule has 0 aliphatic carbocycles. The maximum Gasteiger partial charge on any atom is 0.146 e. The van der Waals surface area contributed by atoms with E-state index in [1.807, 2.05) is 25.1 Å². The first-order valence-electron chi connectivity index (χ1n) is 9.35. The fraction of sp³-hybridized carbons (Fsp3) is 0.130. The van der Waals surface area contributed by atoms with Gasteiger partial charge in [0, 0.05) is 17.7 Å². The molecule has 4 rings (SSSR count). The summed E-state index contributed by atoms with van der Waals surface area (Å²) in [5, 5.41) is 6.44. The lowest BCUT2D eigenvalue weighted by molar-refractivity contribution is 0.627. The highest BCUT2D eigenvalue weighted by atomic mass is 19.1. The maximum atomic E-state index is 14.0. The van der Waals surface area contributed by atoms with Crippen LogP contribution in [0, 0.1) is 17.6 Å². The van der Waals surface area contributed by atoms with Crippen LogP contribution in [0.3, 0.4) is 0 Å². The number of anilines is 3. The average Bonchev–Trinajstić information content (AvgIpc) is 2.89. The van der Waals surface area contributed by atoms with Crippen LogP contribution in [0.5, 0.6) is 0 Å². The van der Waals surface area contributed by atoms with Gasteiger partial charge in [-0.3, -0.25) is 4.99 Å². The number of aromatic nitrogens is 1. The lowest BCUT2D eigenvalue weighted by Crippen LogP contribution is -2.19. The number of para-hydroxylation sites is 1. The summed E-state index contributed by atoms with van der Waals surface area (Å²) in [6.07, 6.45) is 5.65. The standard InChI is InChI=1S/C23H20F2N4/c1-15-6-11-18-20(28-22(15)27-14-16-7-9-17(24)10-8-16)12-13-26-23(18)29-21-5-3-2-4-19(21)25/h2-13,15H,14H2,1H3,(H,26,29)(H,27,28)/t15-/m0/s1. The third-order valence-corrected chi connectivity index (χ3v) is 4.71. The maximum absolute atomic E-state index is 14.0. The largest absolute Gasteiger partial charge is 0.343 e. The Kier molecular flexibility index (Phi) is 5.33. The molecule has 0 radical (unpaired) electrons. The normalized spacial score (nSPS) is 16.8. The van der Waals surface area contributed by atoms with Crippen molar-refractivity contribution in [2.45, 2.75) is 13.5 Å². The molecule has 0 unspecified atom stereocenters. The van der Waals surface area contributed by atoms with Crippen LogP contribution in [0.4, 0.5) is 26.0 Å². The topological polar surface area (TPSA) is 49.3 Å². The summed E-state index contributed by atoms with van der Waals surface area (Å²) < 4.78 is 27.1. The van der Waals surface area contributed by atoms with Crippen LogP contribution in [0.2, 0.25) is 0 Å². The number of nitrogens with one attached hydrogen (secondary N) is 2. The van der Waals surface area contributed by atoms with Crippen LogP contribution in [0.15, 0.2) is 71.9 Å². The van der Waals surface area contributed by atoms with E-state index in [9.17, 15) is 8.78 Å². The summed E-state index contributed by atoms with van der Waals surface area (Å²) in [5.74, 6) is 0.800. The van der Waals surface area contributed by atoms with Crippen LogP contribution >= 0.6 is 0 Å². The minimum absolute atomic E-state index is 0.0455. The number of fused-ring (bicyclic) bond motifs is 1. The quantitative estimate of drug-likeness (QED) is 0.594. The molecule has 1 aliphatic rings. The third kappa shape index (κ3) is 4.32. The summed E-state index contributed by atoms with van der Waals surface area (Å²) in [5.41, 5.74) is 2.95. The number of aliphatic imine (C=N–C) groups is 1. The number of amidine groups is 1. The Bertz CT molecular complexity index is 1070. The second kappa shape index (κ2) is 8.22. The summed E-state index contributed by atoms with van der Waals surface area (Å²) in [4.78, 5) is 9.06. The number of nitrogens with zero attached hydrogens (tertiary/aromatic N) is 2. The van der Waals surface area contributed by atoms with Gasteiger partial charge in [-0.05, 0) is 35.9 Å². The zero-order valence-corrected chi connectivity index (χ0v) is 15.9. The molecule has 2 aromatic carbocycles. The molecule has 6 heteroatoms. The number of benzene rings is 2. The van der Waals surface area contributed by atoms with E-state index < -0.39 is 0 Å². The molecule has 0 saturated carbocycles. The molecule has 0 spiro atoms. The van der Waals surface area contributed by atoms with Crippen molar-refractivity contribution in [2.24, 2.45) is 10.9 Å². The minimum Gasteiger partial charge on any atom is -0.343 e. The van der Waals surface area contributed by atoms with Crippen molar-refractivity contribution in [3.8, 4) is 0 Å². The van der Waals surface area contributed by atoms with Crippen molar-refractivity contribution >= 4 is 29.1 Å². The molecule has 1 aliphatic heterocycles. The van der Waals surface area contributed by atoms with Crippen LogP contribution in [-0.2, 0) is 6.54 Å². The SMILES string of the molecule is C[C@H]1C=Cc2c(ccnc2Nc2ccccc2F)NC1=NCc1ccc(F)cc1. The van der Waals surface area contributed by atoms with Crippen molar-refractivity contribution in [3.63, 3.8) is 0 Å². The Labute approximate surface area is 168 Å². The predicted octanol–water partition coefficient (Wildman–Crippen LogP) is 5.78. The van der Waals surface area contributed by atoms with Crippen LogP contribution in [-0.4, -0.2) is 10.8 Å². The van der Waals surface area contributed by atoms with Gasteiger partial charge in [0.15, 0.2) is 0 Å². The monoisotopic (exact) mass is 390 g/mol. The molecular weight excluding hydrogens is 370 g/mol. The first kappa shape index (κ1) is 18.8. The molecule has 1 aromatic heterocycles. The van der Waals surface area contributed by atoms with E-state index in [1.165, 1.54) is 18.2 Å². The zero-order valence-electron chi connectivity index (χ0n) is 15.9. The Morgan fingerprint density at radius 1 is 1.07 bits per heavy atom. The van der Waals surface area contributed by atoms with Gasteiger partial charge in [0.05, 0.1) is 17.9 Å². The van der Waals surface area contributed by atoms with Crippen molar-refractivity contribution in [2.75, 3.05) is 10.6 Å². The van der Waals surface area contributed by atoms with Gasteiger partial charge in [-0.15, -0.1) is 0 Å². The summed E-state index contributed by atoms with van der Waals surface area (Å²) in [6, 6.07) is 14.7. The number of rotatable bonds is 4. The zero-order chi connectivity index (χ0) is 20.2. The van der Waals surface area contributed by atoms with E-state index in [4.69, 9.17) is 0 Å². The lowest BCUT2D eigenvalue weighted by atomic mass is 10.1. The Hall–Kier alpha value is -3.54. The van der Waals surface area contributed by atoms with Crippen molar-refractivity contribution in [1.82, 2.24) is 4.98 Å². The van der Waals surface area contributed by atoms with Gasteiger partial charge in [0.2, 0.25) is 0 Å². The molecule has 3 aromatic rings. The van der Waals surface area contributed by atoms with Gasteiger partial charge >= 0.3 is 0 Å². The van der Waals surface area contributed by atoms with Crippen LogP contribution < -0.4 is 10.6 Å². The van der Waals surface area contributed by atoms with E-state index in [0.29, 0.717) is 18.1 Å². The van der Waals surface area contributed by atoms with E-state index in [1.54, 1.807) is 36.5 Å². The second-order valence-electron chi connectivity index (χ2n) is 6.83. The molecular formula is C23H20F2N4. The molecule has 4 nitrogen and oxygen atoms in total. The predicted molar refractivity (Wildman–Crippen MR) is 113 cm³/mol. The molecule has 2 heterocycles. The molecule has 0 fully saturated rings. The molecule has 0 amide bonds. The van der Waals surface area contributed by atoms with Crippen LogP contribution in [0.25, 0.3) is 6.08 Å².